The van der Waals surface area contributed by atoms with Crippen LogP contribution in [0.3, 0.4) is 0 Å². The van der Waals surface area contributed by atoms with Gasteiger partial charge in [0.05, 0.1) is 37.5 Å². The minimum absolute atomic E-state index is 0.236. The van der Waals surface area contributed by atoms with Crippen molar-refractivity contribution in [1.29, 1.82) is 10.5 Å². The van der Waals surface area contributed by atoms with Crippen molar-refractivity contribution >= 4 is 12.2 Å². The molecule has 1 fully saturated rings. The van der Waals surface area contributed by atoms with Crippen molar-refractivity contribution in [3.05, 3.63) is 47.5 Å². The van der Waals surface area contributed by atoms with E-state index in [2.05, 4.69) is 0 Å². The van der Waals surface area contributed by atoms with Crippen LogP contribution in [-0.4, -0.2) is 75.0 Å². The van der Waals surface area contributed by atoms with E-state index in [0.29, 0.717) is 34.1 Å². The predicted molar refractivity (Wildman–Crippen MR) is 132 cm³/mol. The zero-order chi connectivity index (χ0) is 27.7. The Bertz CT molecular complexity index is 1140. The van der Waals surface area contributed by atoms with Crippen molar-refractivity contribution in [2.45, 2.75) is 26.4 Å². The maximum Gasteiger partial charge on any atom is 0.412 e. The number of benzene rings is 2. The third kappa shape index (κ3) is 7.11. The topological polar surface area (TPSA) is 144 Å². The second kappa shape index (κ2) is 12.9. The summed E-state index contributed by atoms with van der Waals surface area (Å²) in [5.74, 6) is 1.34. The molecule has 2 atom stereocenters. The summed E-state index contributed by atoms with van der Waals surface area (Å²) in [5, 5.41) is 18.0. The molecular formula is C26H28N4O8. The minimum atomic E-state index is -0.926. The summed E-state index contributed by atoms with van der Waals surface area (Å²) in [4.78, 5) is 28.1. The molecule has 3 rings (SSSR count). The SMILES string of the molecule is COc1cc(C#N)ccc1O[C@@H](C)OC(=O)N1CCN(C(=O)O[C@H](C)Oc2ccc(C#N)cc2OC)CC1. The maximum absolute atomic E-state index is 12.6. The van der Waals surface area contributed by atoms with Crippen LogP contribution in [0.2, 0.25) is 0 Å². The number of rotatable bonds is 8. The fraction of sp³-hybridized carbons (Fsp3) is 0.385. The highest BCUT2D eigenvalue weighted by Crippen LogP contribution is 2.30. The Morgan fingerprint density at radius 1 is 0.711 bits per heavy atom. The lowest BCUT2D eigenvalue weighted by Gasteiger charge is -2.34. The van der Waals surface area contributed by atoms with Crippen LogP contribution in [0.15, 0.2) is 36.4 Å². The quantitative estimate of drug-likeness (QED) is 0.471. The molecule has 2 amide bonds. The van der Waals surface area contributed by atoms with Gasteiger partial charge in [-0.25, -0.2) is 9.59 Å². The summed E-state index contributed by atoms with van der Waals surface area (Å²) in [6.07, 6.45) is -3.04. The molecule has 12 nitrogen and oxygen atoms in total. The molecule has 1 heterocycles. The molecule has 2 aromatic rings. The number of hydrogen-bond donors (Lipinski definition) is 0. The summed E-state index contributed by atoms with van der Waals surface area (Å²) in [6, 6.07) is 13.3. The fourth-order valence-corrected chi connectivity index (χ4v) is 3.58. The Hall–Kier alpha value is -4.84. The van der Waals surface area contributed by atoms with Gasteiger partial charge >= 0.3 is 12.2 Å². The van der Waals surface area contributed by atoms with E-state index in [0.717, 1.165) is 0 Å². The van der Waals surface area contributed by atoms with Crippen molar-refractivity contribution < 1.29 is 38.0 Å². The van der Waals surface area contributed by atoms with Crippen LogP contribution in [0.1, 0.15) is 25.0 Å². The number of piperazine rings is 1. The summed E-state index contributed by atoms with van der Waals surface area (Å²) in [6.45, 7) is 4.07. The number of carbonyl (C=O) groups excluding carboxylic acids is 2. The minimum Gasteiger partial charge on any atom is -0.493 e. The number of ether oxygens (including phenoxy) is 6. The number of methoxy groups -OCH3 is 2. The Balaban J connectivity index is 1.46. The van der Waals surface area contributed by atoms with E-state index < -0.39 is 24.8 Å². The van der Waals surface area contributed by atoms with Gasteiger partial charge in [0.2, 0.25) is 12.6 Å². The standard InChI is InChI=1S/C26H28N4O8/c1-17(35-21-7-5-19(15-27)13-23(21)33-3)37-25(31)29-9-11-30(12-10-29)26(32)38-18(2)36-22-8-6-20(16-28)14-24(22)34-4/h5-8,13-14,17-18H,9-12H2,1-4H3/t17-,18-/m1/s1. The highest BCUT2D eigenvalue weighted by Gasteiger charge is 2.28. The number of nitriles is 2. The van der Waals surface area contributed by atoms with Crippen LogP contribution in [0.4, 0.5) is 9.59 Å². The predicted octanol–water partition coefficient (Wildman–Crippen LogP) is 3.49. The van der Waals surface area contributed by atoms with E-state index in [-0.39, 0.29) is 26.2 Å². The molecule has 0 bridgehead atoms. The molecule has 12 heteroatoms. The molecule has 0 saturated carbocycles. The van der Waals surface area contributed by atoms with Gasteiger partial charge in [-0.3, -0.25) is 0 Å². The second-order valence-corrected chi connectivity index (χ2v) is 8.07. The van der Waals surface area contributed by atoms with E-state index in [1.54, 1.807) is 38.1 Å². The third-order valence-electron chi connectivity index (χ3n) is 5.50. The first-order valence-corrected chi connectivity index (χ1v) is 11.7. The Labute approximate surface area is 220 Å². The smallest absolute Gasteiger partial charge is 0.412 e. The Morgan fingerprint density at radius 3 is 1.39 bits per heavy atom. The summed E-state index contributed by atoms with van der Waals surface area (Å²) < 4.78 is 32.5. The van der Waals surface area contributed by atoms with Crippen molar-refractivity contribution in [1.82, 2.24) is 9.80 Å². The van der Waals surface area contributed by atoms with Crippen molar-refractivity contribution in [3.8, 4) is 35.1 Å². The van der Waals surface area contributed by atoms with Crippen LogP contribution >= 0.6 is 0 Å². The van der Waals surface area contributed by atoms with E-state index in [1.165, 1.54) is 36.2 Å². The molecule has 0 aromatic heterocycles. The molecule has 1 aliphatic rings. The molecule has 1 aliphatic heterocycles. The van der Waals surface area contributed by atoms with Gasteiger partial charge in [0.25, 0.3) is 0 Å². The summed E-state index contributed by atoms with van der Waals surface area (Å²) in [7, 11) is 2.89. The maximum atomic E-state index is 12.6. The van der Waals surface area contributed by atoms with E-state index in [4.69, 9.17) is 38.9 Å². The lowest BCUT2D eigenvalue weighted by atomic mass is 10.2. The fourth-order valence-electron chi connectivity index (χ4n) is 3.58. The Kier molecular flexibility index (Phi) is 9.43. The lowest BCUT2D eigenvalue weighted by Crippen LogP contribution is -2.51. The summed E-state index contributed by atoms with van der Waals surface area (Å²) in [5.41, 5.74) is 0.815. The normalized spacial score (nSPS) is 14.3. The average molecular weight is 525 g/mol. The zero-order valence-electron chi connectivity index (χ0n) is 21.5. The molecule has 200 valence electrons. The van der Waals surface area contributed by atoms with Gasteiger partial charge in [-0.05, 0) is 24.3 Å². The van der Waals surface area contributed by atoms with Gasteiger partial charge in [-0.1, -0.05) is 0 Å². The number of hydrogen-bond acceptors (Lipinski definition) is 10. The van der Waals surface area contributed by atoms with E-state index >= 15 is 0 Å². The van der Waals surface area contributed by atoms with Gasteiger partial charge in [0, 0.05) is 52.2 Å². The first-order chi connectivity index (χ1) is 18.3. The second-order valence-electron chi connectivity index (χ2n) is 8.07. The number of nitrogens with zero attached hydrogens (tertiary/aromatic N) is 4. The first-order valence-electron chi connectivity index (χ1n) is 11.7. The van der Waals surface area contributed by atoms with Gasteiger partial charge in [0.15, 0.2) is 23.0 Å². The molecule has 0 unspecified atom stereocenters. The van der Waals surface area contributed by atoms with Crippen LogP contribution in [0.5, 0.6) is 23.0 Å². The van der Waals surface area contributed by atoms with Gasteiger partial charge in [-0.15, -0.1) is 0 Å². The molecule has 0 aliphatic carbocycles. The molecule has 0 N–H and O–H groups in total. The van der Waals surface area contributed by atoms with Gasteiger partial charge in [0.1, 0.15) is 0 Å². The summed E-state index contributed by atoms with van der Waals surface area (Å²) >= 11 is 0. The third-order valence-corrected chi connectivity index (χ3v) is 5.50. The van der Waals surface area contributed by atoms with Crippen LogP contribution in [0, 0.1) is 22.7 Å². The molecule has 38 heavy (non-hydrogen) atoms. The molecule has 0 radical (unpaired) electrons. The molecule has 2 aromatic carbocycles. The van der Waals surface area contributed by atoms with Crippen LogP contribution < -0.4 is 18.9 Å². The highest BCUT2D eigenvalue weighted by atomic mass is 16.7. The molecule has 1 saturated heterocycles. The molecule has 0 spiro atoms. The number of carbonyl (C=O) groups is 2. The largest absolute Gasteiger partial charge is 0.493 e. The Morgan fingerprint density at radius 2 is 1.08 bits per heavy atom. The first kappa shape index (κ1) is 27.7. The van der Waals surface area contributed by atoms with Crippen LogP contribution in [-0.2, 0) is 9.47 Å². The van der Waals surface area contributed by atoms with Crippen molar-refractivity contribution in [2.75, 3.05) is 40.4 Å². The van der Waals surface area contributed by atoms with Crippen LogP contribution in [0.25, 0.3) is 0 Å². The van der Waals surface area contributed by atoms with Crippen molar-refractivity contribution in [2.24, 2.45) is 0 Å². The average Bonchev–Trinajstić information content (AvgIpc) is 2.93. The van der Waals surface area contributed by atoms with E-state index in [1.807, 2.05) is 12.1 Å². The monoisotopic (exact) mass is 524 g/mol. The molecular weight excluding hydrogens is 496 g/mol. The number of amides is 2. The zero-order valence-corrected chi connectivity index (χ0v) is 21.5. The van der Waals surface area contributed by atoms with Gasteiger partial charge in [-0.2, -0.15) is 10.5 Å². The van der Waals surface area contributed by atoms with Crippen molar-refractivity contribution in [3.63, 3.8) is 0 Å². The van der Waals surface area contributed by atoms with E-state index in [9.17, 15) is 9.59 Å². The lowest BCUT2D eigenvalue weighted by molar-refractivity contribution is -0.0488. The highest BCUT2D eigenvalue weighted by molar-refractivity contribution is 5.70. The van der Waals surface area contributed by atoms with Gasteiger partial charge < -0.3 is 38.2 Å².